The van der Waals surface area contributed by atoms with Crippen LogP contribution in [-0.4, -0.2) is 23.7 Å². The first-order chi connectivity index (χ1) is 9.49. The number of unbranched alkanes of at least 4 members (excludes halogenated alkanes) is 2. The third-order valence-corrected chi connectivity index (χ3v) is 4.12. The molecular weight excluding hydrogens is 256 g/mol. The van der Waals surface area contributed by atoms with E-state index in [0.717, 1.165) is 25.7 Å². The molecule has 0 radical (unpaired) electrons. The molecule has 4 heteroatoms. The molecule has 20 heavy (non-hydrogen) atoms. The summed E-state index contributed by atoms with van der Waals surface area (Å²) in [7, 11) is 0. The Morgan fingerprint density at radius 3 is 2.10 bits per heavy atom. The smallest absolute Gasteiger partial charge is 0.312 e. The zero-order chi connectivity index (χ0) is 15.6. The van der Waals surface area contributed by atoms with Gasteiger partial charge in [-0.2, -0.15) is 0 Å². The molecule has 118 valence electrons. The van der Waals surface area contributed by atoms with Crippen molar-refractivity contribution < 1.29 is 19.4 Å². The van der Waals surface area contributed by atoms with Crippen molar-refractivity contribution in [2.24, 2.45) is 11.3 Å². The molecule has 0 fully saturated rings. The predicted molar refractivity (Wildman–Crippen MR) is 79.5 cm³/mol. The Morgan fingerprint density at radius 1 is 1.10 bits per heavy atom. The number of carbonyl (C=O) groups is 2. The molecule has 0 saturated heterocycles. The van der Waals surface area contributed by atoms with Crippen LogP contribution in [0.5, 0.6) is 0 Å². The lowest BCUT2D eigenvalue weighted by Crippen LogP contribution is -2.43. The molecule has 0 aliphatic carbocycles. The molecule has 0 heterocycles. The fourth-order valence-electron chi connectivity index (χ4n) is 2.73. The Balaban J connectivity index is 5.18. The van der Waals surface area contributed by atoms with E-state index < -0.39 is 17.3 Å². The Morgan fingerprint density at radius 2 is 1.70 bits per heavy atom. The van der Waals surface area contributed by atoms with Gasteiger partial charge in [-0.1, -0.05) is 47.0 Å². The first-order valence-corrected chi connectivity index (χ1v) is 7.90. The van der Waals surface area contributed by atoms with E-state index in [1.165, 1.54) is 0 Å². The number of esters is 1. The van der Waals surface area contributed by atoms with Gasteiger partial charge in [-0.05, 0) is 25.7 Å². The second kappa shape index (κ2) is 9.78. The van der Waals surface area contributed by atoms with Crippen LogP contribution in [0.1, 0.15) is 72.6 Å². The molecule has 0 aromatic heterocycles. The first-order valence-electron chi connectivity index (χ1n) is 7.90. The van der Waals surface area contributed by atoms with Gasteiger partial charge < -0.3 is 9.84 Å². The maximum atomic E-state index is 12.5. The molecule has 0 amide bonds. The lowest BCUT2D eigenvalue weighted by molar-refractivity contribution is -0.169. The maximum Gasteiger partial charge on any atom is 0.312 e. The molecule has 0 aliphatic rings. The molecule has 0 spiro atoms. The van der Waals surface area contributed by atoms with E-state index >= 15 is 0 Å². The predicted octanol–water partition coefficient (Wildman–Crippen LogP) is 4.03. The molecule has 0 rings (SSSR count). The Bertz CT molecular complexity index is 301. The lowest BCUT2D eigenvalue weighted by atomic mass is 9.68. The number of carboxylic acid groups (broad SMARTS) is 1. The highest BCUT2D eigenvalue weighted by atomic mass is 16.5. The van der Waals surface area contributed by atoms with Crippen molar-refractivity contribution in [2.45, 2.75) is 72.6 Å². The number of hydrogen-bond donors (Lipinski definition) is 1. The van der Waals surface area contributed by atoms with Gasteiger partial charge in [0.2, 0.25) is 0 Å². The zero-order valence-corrected chi connectivity index (χ0v) is 13.4. The van der Waals surface area contributed by atoms with E-state index in [1.807, 2.05) is 27.7 Å². The quantitative estimate of drug-likeness (QED) is 0.460. The normalized spacial score (nSPS) is 15.4. The summed E-state index contributed by atoms with van der Waals surface area (Å²) < 4.78 is 5.37. The van der Waals surface area contributed by atoms with Crippen LogP contribution in [0.25, 0.3) is 0 Å². The summed E-state index contributed by atoms with van der Waals surface area (Å²) in [5, 5.41) is 9.45. The van der Waals surface area contributed by atoms with E-state index in [1.54, 1.807) is 0 Å². The fourth-order valence-corrected chi connectivity index (χ4v) is 2.73. The second-order valence-electron chi connectivity index (χ2n) is 5.40. The van der Waals surface area contributed by atoms with Crippen molar-refractivity contribution in [1.29, 1.82) is 0 Å². The molecular formula is C16H30O4. The molecule has 0 aromatic carbocycles. The Kier molecular flexibility index (Phi) is 9.26. The number of aliphatic carboxylic acids is 1. The van der Waals surface area contributed by atoms with Crippen LogP contribution in [0.3, 0.4) is 0 Å². The SMILES string of the molecule is CCCCOC(=O)C(CC)(CCCC)C(CC)C(=O)O. The number of hydrogen-bond acceptors (Lipinski definition) is 3. The van der Waals surface area contributed by atoms with Gasteiger partial charge in [0.15, 0.2) is 0 Å². The Hall–Kier alpha value is -1.06. The largest absolute Gasteiger partial charge is 0.481 e. The van der Waals surface area contributed by atoms with Crippen LogP contribution in [0, 0.1) is 11.3 Å². The molecule has 0 saturated carbocycles. The average Bonchev–Trinajstić information content (AvgIpc) is 2.43. The van der Waals surface area contributed by atoms with E-state index in [0.29, 0.717) is 25.9 Å². The van der Waals surface area contributed by atoms with E-state index in [9.17, 15) is 14.7 Å². The highest BCUT2D eigenvalue weighted by Gasteiger charge is 2.47. The Labute approximate surface area is 122 Å². The highest BCUT2D eigenvalue weighted by molar-refractivity contribution is 5.84. The summed E-state index contributed by atoms with van der Waals surface area (Å²) in [6, 6.07) is 0. The minimum atomic E-state index is -0.891. The summed E-state index contributed by atoms with van der Waals surface area (Å²) in [6.45, 7) is 8.19. The summed E-state index contributed by atoms with van der Waals surface area (Å²) in [5.74, 6) is -1.87. The number of ether oxygens (including phenoxy) is 1. The van der Waals surface area contributed by atoms with Crippen LogP contribution >= 0.6 is 0 Å². The lowest BCUT2D eigenvalue weighted by Gasteiger charge is -2.35. The highest BCUT2D eigenvalue weighted by Crippen LogP contribution is 2.40. The second-order valence-corrected chi connectivity index (χ2v) is 5.40. The average molecular weight is 286 g/mol. The van der Waals surface area contributed by atoms with E-state index in [2.05, 4.69) is 0 Å². The van der Waals surface area contributed by atoms with Gasteiger partial charge in [-0.15, -0.1) is 0 Å². The van der Waals surface area contributed by atoms with Gasteiger partial charge >= 0.3 is 11.9 Å². The maximum absolute atomic E-state index is 12.5. The summed E-state index contributed by atoms with van der Waals surface area (Å²) in [4.78, 5) is 24.0. The van der Waals surface area contributed by atoms with Gasteiger partial charge in [0.1, 0.15) is 0 Å². The first kappa shape index (κ1) is 18.9. The molecule has 2 atom stereocenters. The van der Waals surface area contributed by atoms with Gasteiger partial charge in [-0.3, -0.25) is 9.59 Å². The summed E-state index contributed by atoms with van der Waals surface area (Å²) >= 11 is 0. The topological polar surface area (TPSA) is 63.6 Å². The van der Waals surface area contributed by atoms with E-state index in [4.69, 9.17) is 4.74 Å². The molecule has 1 N–H and O–H groups in total. The van der Waals surface area contributed by atoms with Crippen molar-refractivity contribution >= 4 is 11.9 Å². The van der Waals surface area contributed by atoms with Gasteiger partial charge in [0.05, 0.1) is 17.9 Å². The standard InChI is InChI=1S/C16H30O4/c1-5-9-11-16(8-4,13(7-3)14(17)18)15(19)20-12-10-6-2/h13H,5-12H2,1-4H3,(H,17,18). The zero-order valence-electron chi connectivity index (χ0n) is 13.4. The number of rotatable bonds is 11. The van der Waals surface area contributed by atoms with Crippen molar-refractivity contribution in [1.82, 2.24) is 0 Å². The molecule has 2 unspecified atom stereocenters. The van der Waals surface area contributed by atoms with Crippen molar-refractivity contribution in [3.05, 3.63) is 0 Å². The van der Waals surface area contributed by atoms with Crippen LogP contribution in [0.2, 0.25) is 0 Å². The molecule has 0 aliphatic heterocycles. The van der Waals surface area contributed by atoms with Crippen LogP contribution in [0.4, 0.5) is 0 Å². The molecule has 0 bridgehead atoms. The van der Waals surface area contributed by atoms with Crippen LogP contribution < -0.4 is 0 Å². The van der Waals surface area contributed by atoms with Crippen molar-refractivity contribution in [3.63, 3.8) is 0 Å². The van der Waals surface area contributed by atoms with Crippen molar-refractivity contribution in [3.8, 4) is 0 Å². The third kappa shape index (κ3) is 4.80. The van der Waals surface area contributed by atoms with Gasteiger partial charge in [-0.25, -0.2) is 0 Å². The van der Waals surface area contributed by atoms with E-state index in [-0.39, 0.29) is 5.97 Å². The van der Waals surface area contributed by atoms with Crippen LogP contribution in [-0.2, 0) is 14.3 Å². The number of carbonyl (C=O) groups excluding carboxylic acids is 1. The minimum absolute atomic E-state index is 0.323. The van der Waals surface area contributed by atoms with Crippen molar-refractivity contribution in [2.75, 3.05) is 6.61 Å². The molecule has 4 nitrogen and oxygen atoms in total. The van der Waals surface area contributed by atoms with Gasteiger partial charge in [0.25, 0.3) is 0 Å². The third-order valence-electron chi connectivity index (χ3n) is 4.12. The molecule has 0 aromatic rings. The monoisotopic (exact) mass is 286 g/mol. The minimum Gasteiger partial charge on any atom is -0.481 e. The number of carboxylic acids is 1. The van der Waals surface area contributed by atoms with Crippen LogP contribution in [0.15, 0.2) is 0 Å². The fraction of sp³-hybridized carbons (Fsp3) is 0.875. The summed E-state index contributed by atoms with van der Waals surface area (Å²) in [6.07, 6.45) is 5.13. The summed E-state index contributed by atoms with van der Waals surface area (Å²) in [5.41, 5.74) is -0.871. The van der Waals surface area contributed by atoms with Gasteiger partial charge in [0, 0.05) is 0 Å².